The van der Waals surface area contributed by atoms with Gasteiger partial charge in [0.05, 0.1) is 11.4 Å². The lowest BCUT2D eigenvalue weighted by atomic mass is 10.0. The first-order chi connectivity index (χ1) is 17.3. The summed E-state index contributed by atoms with van der Waals surface area (Å²) in [6.45, 7) is 0. The van der Waals surface area contributed by atoms with Crippen LogP contribution in [-0.4, -0.2) is 0 Å². The Labute approximate surface area is 200 Å². The highest BCUT2D eigenvalue weighted by Crippen LogP contribution is 2.42. The van der Waals surface area contributed by atoms with Crippen LogP contribution in [-0.2, 0) is 0 Å². The minimum absolute atomic E-state index is 0.855. The van der Waals surface area contributed by atoms with Crippen molar-refractivity contribution in [2.24, 2.45) is 0 Å². The molecule has 8 aromatic rings. The predicted molar refractivity (Wildman–Crippen MR) is 146 cm³/mol. The fourth-order valence-corrected chi connectivity index (χ4v) is 5.42. The molecule has 0 aliphatic heterocycles. The number of para-hydroxylation sites is 2. The fraction of sp³-hybridized carbons (Fsp3) is 0. The highest BCUT2D eigenvalue weighted by molar-refractivity contribution is 6.23. The first kappa shape index (κ1) is 18.6. The van der Waals surface area contributed by atoms with Gasteiger partial charge in [0, 0.05) is 33.0 Å². The van der Waals surface area contributed by atoms with E-state index < -0.39 is 0 Å². The van der Waals surface area contributed by atoms with Gasteiger partial charge in [0.25, 0.3) is 0 Å². The Bertz CT molecular complexity index is 2090. The average molecular weight is 450 g/mol. The standard InChI is InChI=1S/C32H19NO2/c1-2-9-20-17-29-25(16-19(20)8-1)31-23-12-4-3-10-21(23)27(18-30(31)34-29)33-26-14-7-13-24-22-11-5-6-15-28(22)35-32(24)26/h1-18,33H. The molecular formula is C32H19NO2. The molecular weight excluding hydrogens is 430 g/mol. The van der Waals surface area contributed by atoms with Crippen LogP contribution in [0.15, 0.2) is 118 Å². The van der Waals surface area contributed by atoms with E-state index in [0.29, 0.717) is 0 Å². The number of benzene rings is 6. The highest BCUT2D eigenvalue weighted by atomic mass is 16.3. The maximum absolute atomic E-state index is 6.42. The molecule has 3 heteroatoms. The van der Waals surface area contributed by atoms with Gasteiger partial charge in [0.2, 0.25) is 0 Å². The zero-order chi connectivity index (χ0) is 22.9. The molecule has 0 atom stereocenters. The predicted octanol–water partition coefficient (Wildman–Crippen LogP) is 9.54. The van der Waals surface area contributed by atoms with Gasteiger partial charge in [0.1, 0.15) is 16.7 Å². The fourth-order valence-electron chi connectivity index (χ4n) is 5.42. The SMILES string of the molecule is c1ccc2cc3c(cc2c1)oc1cc(Nc2cccc4c2oc2ccccc24)c2ccccc2c13. The Hall–Kier alpha value is -4.76. The Morgan fingerprint density at radius 3 is 2.03 bits per heavy atom. The van der Waals surface area contributed by atoms with Gasteiger partial charge in [-0.2, -0.15) is 0 Å². The van der Waals surface area contributed by atoms with E-state index in [4.69, 9.17) is 8.83 Å². The summed E-state index contributed by atoms with van der Waals surface area (Å²) in [4.78, 5) is 0. The minimum Gasteiger partial charge on any atom is -0.456 e. The number of rotatable bonds is 2. The third-order valence-electron chi connectivity index (χ3n) is 7.02. The summed E-state index contributed by atoms with van der Waals surface area (Å²) < 4.78 is 12.7. The van der Waals surface area contributed by atoms with Crippen molar-refractivity contribution in [3.8, 4) is 0 Å². The van der Waals surface area contributed by atoms with Crippen LogP contribution in [0.5, 0.6) is 0 Å². The van der Waals surface area contributed by atoms with Crippen molar-refractivity contribution in [2.75, 3.05) is 5.32 Å². The van der Waals surface area contributed by atoms with Crippen LogP contribution < -0.4 is 5.32 Å². The smallest absolute Gasteiger partial charge is 0.158 e. The summed E-state index contributed by atoms with van der Waals surface area (Å²) in [6.07, 6.45) is 0. The monoisotopic (exact) mass is 449 g/mol. The molecule has 0 fully saturated rings. The molecule has 2 aromatic heterocycles. The van der Waals surface area contributed by atoms with Crippen molar-refractivity contribution < 1.29 is 8.83 Å². The molecule has 2 heterocycles. The molecule has 6 aromatic carbocycles. The molecule has 0 saturated carbocycles. The summed E-state index contributed by atoms with van der Waals surface area (Å²) in [6, 6.07) is 37.8. The lowest BCUT2D eigenvalue weighted by molar-refractivity contribution is 0.669. The lowest BCUT2D eigenvalue weighted by Crippen LogP contribution is -1.92. The van der Waals surface area contributed by atoms with E-state index in [1.54, 1.807) is 0 Å². The number of nitrogens with one attached hydrogen (secondary N) is 1. The maximum Gasteiger partial charge on any atom is 0.158 e. The number of fused-ring (bicyclic) bond motifs is 9. The summed E-state index contributed by atoms with van der Waals surface area (Å²) in [5.74, 6) is 0. The van der Waals surface area contributed by atoms with E-state index in [1.165, 1.54) is 16.2 Å². The summed E-state index contributed by atoms with van der Waals surface area (Å²) in [5, 5.41) is 12.9. The van der Waals surface area contributed by atoms with E-state index in [-0.39, 0.29) is 0 Å². The molecule has 0 amide bonds. The van der Waals surface area contributed by atoms with Gasteiger partial charge in [-0.25, -0.2) is 0 Å². The van der Waals surface area contributed by atoms with E-state index in [1.807, 2.05) is 18.2 Å². The zero-order valence-electron chi connectivity index (χ0n) is 18.7. The normalized spacial score (nSPS) is 12.0. The van der Waals surface area contributed by atoms with Crippen LogP contribution in [0, 0.1) is 0 Å². The topological polar surface area (TPSA) is 38.3 Å². The minimum atomic E-state index is 0.855. The van der Waals surface area contributed by atoms with Gasteiger partial charge in [0.15, 0.2) is 5.58 Å². The van der Waals surface area contributed by atoms with Crippen LogP contribution in [0.1, 0.15) is 0 Å². The van der Waals surface area contributed by atoms with Crippen LogP contribution in [0.3, 0.4) is 0 Å². The quantitative estimate of drug-likeness (QED) is 0.285. The molecule has 164 valence electrons. The van der Waals surface area contributed by atoms with E-state index in [9.17, 15) is 0 Å². The molecule has 0 aliphatic carbocycles. The van der Waals surface area contributed by atoms with Gasteiger partial charge in [-0.1, -0.05) is 78.9 Å². The molecule has 0 aliphatic rings. The Morgan fingerprint density at radius 2 is 1.14 bits per heavy atom. The maximum atomic E-state index is 6.42. The first-order valence-corrected chi connectivity index (χ1v) is 11.8. The summed E-state index contributed by atoms with van der Waals surface area (Å²) in [7, 11) is 0. The number of furan rings is 2. The molecule has 0 radical (unpaired) electrons. The third kappa shape index (κ3) is 2.66. The van der Waals surface area contributed by atoms with Crippen molar-refractivity contribution in [2.45, 2.75) is 0 Å². The Balaban J connectivity index is 1.40. The van der Waals surface area contributed by atoms with Crippen molar-refractivity contribution in [3.05, 3.63) is 109 Å². The van der Waals surface area contributed by atoms with Crippen LogP contribution in [0.25, 0.3) is 65.4 Å². The molecule has 1 N–H and O–H groups in total. The van der Waals surface area contributed by atoms with Gasteiger partial charge in [-0.3, -0.25) is 0 Å². The summed E-state index contributed by atoms with van der Waals surface area (Å²) in [5.41, 5.74) is 5.44. The van der Waals surface area contributed by atoms with Gasteiger partial charge >= 0.3 is 0 Å². The van der Waals surface area contributed by atoms with Crippen LogP contribution in [0.4, 0.5) is 11.4 Å². The van der Waals surface area contributed by atoms with Crippen molar-refractivity contribution in [1.82, 2.24) is 0 Å². The van der Waals surface area contributed by atoms with Crippen LogP contribution in [0.2, 0.25) is 0 Å². The van der Waals surface area contributed by atoms with E-state index >= 15 is 0 Å². The second-order valence-corrected chi connectivity index (χ2v) is 9.05. The second kappa shape index (κ2) is 6.87. The molecule has 0 saturated heterocycles. The van der Waals surface area contributed by atoms with Crippen LogP contribution >= 0.6 is 0 Å². The van der Waals surface area contributed by atoms with Crippen molar-refractivity contribution in [1.29, 1.82) is 0 Å². The van der Waals surface area contributed by atoms with E-state index in [0.717, 1.165) is 60.6 Å². The Morgan fingerprint density at radius 1 is 0.429 bits per heavy atom. The second-order valence-electron chi connectivity index (χ2n) is 9.05. The molecule has 0 unspecified atom stereocenters. The molecule has 8 rings (SSSR count). The van der Waals surface area contributed by atoms with Gasteiger partial charge < -0.3 is 14.2 Å². The molecule has 0 bridgehead atoms. The van der Waals surface area contributed by atoms with Gasteiger partial charge in [-0.05, 0) is 40.4 Å². The third-order valence-corrected chi connectivity index (χ3v) is 7.02. The largest absolute Gasteiger partial charge is 0.456 e. The van der Waals surface area contributed by atoms with E-state index in [2.05, 4.69) is 96.3 Å². The molecule has 0 spiro atoms. The zero-order valence-corrected chi connectivity index (χ0v) is 18.7. The molecule has 3 nitrogen and oxygen atoms in total. The van der Waals surface area contributed by atoms with Crippen molar-refractivity contribution in [3.63, 3.8) is 0 Å². The average Bonchev–Trinajstić information content (AvgIpc) is 3.46. The highest BCUT2D eigenvalue weighted by Gasteiger charge is 2.16. The number of hydrogen-bond donors (Lipinski definition) is 1. The number of hydrogen-bond acceptors (Lipinski definition) is 3. The lowest BCUT2D eigenvalue weighted by Gasteiger charge is -2.11. The summed E-state index contributed by atoms with van der Waals surface area (Å²) >= 11 is 0. The first-order valence-electron chi connectivity index (χ1n) is 11.8. The molecule has 35 heavy (non-hydrogen) atoms. The number of anilines is 2. The Kier molecular flexibility index (Phi) is 3.66. The van der Waals surface area contributed by atoms with Gasteiger partial charge in [-0.15, -0.1) is 0 Å². The van der Waals surface area contributed by atoms with Crippen molar-refractivity contribution >= 4 is 76.8 Å².